The fourth-order valence-electron chi connectivity index (χ4n) is 11.6. The van der Waals surface area contributed by atoms with E-state index in [1.54, 1.807) is 0 Å². The van der Waals surface area contributed by atoms with Gasteiger partial charge in [0, 0.05) is 90.0 Å². The molecule has 0 radical (unpaired) electrons. The van der Waals surface area contributed by atoms with Crippen molar-refractivity contribution in [1.29, 1.82) is 0 Å². The Morgan fingerprint density at radius 1 is 0.237 bits per heavy atom. The number of rotatable bonds is 7. The third kappa shape index (κ3) is 6.80. The first kappa shape index (κ1) is 42.9. The molecule has 0 saturated carbocycles. The zero-order chi connectivity index (χ0) is 49.8. The third-order valence-corrected chi connectivity index (χ3v) is 17.4. The van der Waals surface area contributed by atoms with Crippen LogP contribution < -0.4 is 0 Å². The fourth-order valence-corrected chi connectivity index (χ4v) is 13.8. The van der Waals surface area contributed by atoms with Crippen molar-refractivity contribution in [2.45, 2.75) is 0 Å². The van der Waals surface area contributed by atoms with Crippen molar-refractivity contribution in [3.8, 4) is 67.8 Å². The number of benzene rings is 11. The van der Waals surface area contributed by atoms with Gasteiger partial charge < -0.3 is 9.13 Å². The molecule has 0 spiro atoms. The Bertz CT molecular complexity index is 4920. The molecule has 16 rings (SSSR count). The highest BCUT2D eigenvalue weighted by molar-refractivity contribution is 7.26. The summed E-state index contributed by atoms with van der Waals surface area (Å²) in [5.41, 5.74) is 14.3. The van der Waals surface area contributed by atoms with Crippen LogP contribution in [0, 0.1) is 0 Å². The summed E-state index contributed by atoms with van der Waals surface area (Å²) in [6.07, 6.45) is 0. The smallest absolute Gasteiger partial charge is 0.164 e. The second-order valence-electron chi connectivity index (χ2n) is 19.5. The van der Waals surface area contributed by atoms with Crippen LogP contribution in [0.3, 0.4) is 0 Å². The van der Waals surface area contributed by atoms with Gasteiger partial charge >= 0.3 is 0 Å². The standard InChI is InChI=1S/C69H41N5S2/c1-5-17-42(18-6-1)67-70-68(43-19-7-2-8-20-43)72-69(71-67)58-36-44(45-30-33-63-54(35-45)56-38-61-52(40-65(56)75-63)50-25-13-15-27-59(50)73(61)47-21-9-3-10-22-47)29-32-49(58)46-31-34-64-55(37-46)57-39-62-53(41-66(57)76-64)51-26-14-16-28-60(51)74(62)48-23-11-4-12-24-48/h1-41H. The normalized spacial score (nSPS) is 11.9. The summed E-state index contributed by atoms with van der Waals surface area (Å²) in [6.45, 7) is 0. The Morgan fingerprint density at radius 3 is 1.17 bits per heavy atom. The molecule has 7 heteroatoms. The topological polar surface area (TPSA) is 48.5 Å². The predicted molar refractivity (Wildman–Crippen MR) is 321 cm³/mol. The summed E-state index contributed by atoms with van der Waals surface area (Å²) in [6, 6.07) is 89.8. The van der Waals surface area contributed by atoms with E-state index in [1.807, 2.05) is 59.1 Å². The number of hydrogen-bond acceptors (Lipinski definition) is 5. The number of fused-ring (bicyclic) bond motifs is 12. The molecule has 76 heavy (non-hydrogen) atoms. The van der Waals surface area contributed by atoms with E-state index in [4.69, 9.17) is 15.0 Å². The van der Waals surface area contributed by atoms with Crippen LogP contribution in [-0.2, 0) is 0 Å². The number of hydrogen-bond donors (Lipinski definition) is 0. The first-order valence-corrected chi connectivity index (χ1v) is 27.2. The Morgan fingerprint density at radius 2 is 0.645 bits per heavy atom. The van der Waals surface area contributed by atoms with Crippen molar-refractivity contribution in [2.24, 2.45) is 0 Å². The van der Waals surface area contributed by atoms with Gasteiger partial charge in [0.1, 0.15) is 0 Å². The summed E-state index contributed by atoms with van der Waals surface area (Å²) in [4.78, 5) is 15.8. The van der Waals surface area contributed by atoms with Crippen LogP contribution in [0.4, 0.5) is 0 Å². The molecule has 0 N–H and O–H groups in total. The van der Waals surface area contributed by atoms with Gasteiger partial charge in [0.05, 0.1) is 22.1 Å². The lowest BCUT2D eigenvalue weighted by molar-refractivity contribution is 1.07. The molecule has 0 fully saturated rings. The molecule has 0 aliphatic carbocycles. The van der Waals surface area contributed by atoms with Gasteiger partial charge in [0.15, 0.2) is 17.5 Å². The second kappa shape index (κ2) is 17.0. The van der Waals surface area contributed by atoms with Crippen molar-refractivity contribution in [2.75, 3.05) is 0 Å². The summed E-state index contributed by atoms with van der Waals surface area (Å²) in [5.74, 6) is 1.87. The number of para-hydroxylation sites is 4. The maximum atomic E-state index is 5.36. The molecule has 0 amide bonds. The minimum absolute atomic E-state index is 0.618. The maximum absolute atomic E-state index is 5.36. The van der Waals surface area contributed by atoms with E-state index in [1.165, 1.54) is 84.0 Å². The zero-order valence-electron chi connectivity index (χ0n) is 40.7. The van der Waals surface area contributed by atoms with E-state index in [2.05, 4.69) is 221 Å². The van der Waals surface area contributed by atoms with E-state index >= 15 is 0 Å². The van der Waals surface area contributed by atoms with Crippen molar-refractivity contribution < 1.29 is 0 Å². The van der Waals surface area contributed by atoms with Crippen LogP contribution >= 0.6 is 22.7 Å². The number of nitrogens with zero attached hydrogens (tertiary/aromatic N) is 5. The molecule has 0 aliphatic heterocycles. The molecule has 0 unspecified atom stereocenters. The highest BCUT2D eigenvalue weighted by Gasteiger charge is 2.21. The fraction of sp³-hybridized carbons (Fsp3) is 0. The Balaban J connectivity index is 0.910. The summed E-state index contributed by atoms with van der Waals surface area (Å²) >= 11 is 3.71. The van der Waals surface area contributed by atoms with Crippen LogP contribution in [0.2, 0.25) is 0 Å². The highest BCUT2D eigenvalue weighted by Crippen LogP contribution is 2.46. The van der Waals surface area contributed by atoms with Gasteiger partial charge in [-0.15, -0.1) is 22.7 Å². The monoisotopic (exact) mass is 1000 g/mol. The summed E-state index contributed by atoms with van der Waals surface area (Å²) in [7, 11) is 0. The van der Waals surface area contributed by atoms with Gasteiger partial charge in [-0.25, -0.2) is 15.0 Å². The van der Waals surface area contributed by atoms with E-state index in [-0.39, 0.29) is 0 Å². The first-order chi connectivity index (χ1) is 37.6. The van der Waals surface area contributed by atoms with Crippen LogP contribution in [-0.4, -0.2) is 24.1 Å². The lowest BCUT2D eigenvalue weighted by atomic mass is 9.93. The molecule has 5 heterocycles. The predicted octanol–water partition coefficient (Wildman–Crippen LogP) is 19.1. The molecule has 5 nitrogen and oxygen atoms in total. The minimum Gasteiger partial charge on any atom is -0.309 e. The lowest BCUT2D eigenvalue weighted by Crippen LogP contribution is -2.01. The van der Waals surface area contributed by atoms with Crippen molar-refractivity contribution in [1.82, 2.24) is 24.1 Å². The molecule has 354 valence electrons. The minimum atomic E-state index is 0.618. The molecule has 5 aromatic heterocycles. The first-order valence-electron chi connectivity index (χ1n) is 25.6. The number of aromatic nitrogens is 5. The van der Waals surface area contributed by atoms with Gasteiger partial charge in [-0.3, -0.25) is 0 Å². The van der Waals surface area contributed by atoms with Crippen LogP contribution in [0.5, 0.6) is 0 Å². The Labute approximate surface area is 444 Å². The molecule has 16 aromatic rings. The Kier molecular flexibility index (Phi) is 9.61. The van der Waals surface area contributed by atoms with Gasteiger partial charge in [-0.2, -0.15) is 0 Å². The van der Waals surface area contributed by atoms with Crippen LogP contribution in [0.15, 0.2) is 249 Å². The quantitative estimate of drug-likeness (QED) is 0.160. The summed E-state index contributed by atoms with van der Waals surface area (Å²) < 4.78 is 9.86. The van der Waals surface area contributed by atoms with Gasteiger partial charge in [0.25, 0.3) is 0 Å². The van der Waals surface area contributed by atoms with Crippen molar-refractivity contribution in [3.05, 3.63) is 249 Å². The van der Waals surface area contributed by atoms with Crippen molar-refractivity contribution in [3.63, 3.8) is 0 Å². The average Bonchev–Trinajstić information content (AvgIpc) is 4.25. The van der Waals surface area contributed by atoms with Gasteiger partial charge in [-0.05, 0) is 113 Å². The zero-order valence-corrected chi connectivity index (χ0v) is 42.4. The SMILES string of the molecule is c1ccc(-c2nc(-c3ccccc3)nc(-c3cc(-c4ccc5sc6cc7c8ccccc8n(-c8ccccc8)c7cc6c5c4)ccc3-c3ccc4sc5cc6c7ccccc7n(-c7ccccc7)c6cc5c4c3)n2)cc1. The molecule has 11 aromatic carbocycles. The molecule has 0 saturated heterocycles. The van der Waals surface area contributed by atoms with Gasteiger partial charge in [-0.1, -0.05) is 158 Å². The molecule has 0 bridgehead atoms. The van der Waals surface area contributed by atoms with Crippen LogP contribution in [0.25, 0.3) is 152 Å². The summed E-state index contributed by atoms with van der Waals surface area (Å²) in [5, 5.41) is 9.98. The molecular formula is C69H41N5S2. The lowest BCUT2D eigenvalue weighted by Gasteiger charge is -2.14. The largest absolute Gasteiger partial charge is 0.309 e. The van der Waals surface area contributed by atoms with E-state index in [0.29, 0.717) is 17.5 Å². The highest BCUT2D eigenvalue weighted by atomic mass is 32.1. The van der Waals surface area contributed by atoms with Crippen LogP contribution in [0.1, 0.15) is 0 Å². The average molecular weight is 1000 g/mol. The van der Waals surface area contributed by atoms with E-state index < -0.39 is 0 Å². The van der Waals surface area contributed by atoms with Crippen molar-refractivity contribution >= 4 is 107 Å². The third-order valence-electron chi connectivity index (χ3n) is 15.2. The Hall–Kier alpha value is -9.53. The van der Waals surface area contributed by atoms with E-state index in [0.717, 1.165) is 50.3 Å². The number of thiophene rings is 2. The molecule has 0 atom stereocenters. The van der Waals surface area contributed by atoms with E-state index in [9.17, 15) is 0 Å². The van der Waals surface area contributed by atoms with Gasteiger partial charge in [0.2, 0.25) is 0 Å². The molecule has 0 aliphatic rings. The second-order valence-corrected chi connectivity index (χ2v) is 21.7. The maximum Gasteiger partial charge on any atom is 0.164 e. The molecular weight excluding hydrogens is 963 g/mol.